The fourth-order valence-electron chi connectivity index (χ4n) is 1.37. The Balaban J connectivity index is 2.56. The summed E-state index contributed by atoms with van der Waals surface area (Å²) in [6.45, 7) is 3.60. The van der Waals surface area contributed by atoms with Gasteiger partial charge < -0.3 is 0 Å². The molecule has 1 rings (SSSR count). The molecular weight excluding hydrogens is 126 g/mol. The molecule has 0 saturated carbocycles. The number of piperidine rings is 1. The number of hydrogen-bond donors (Lipinski definition) is 1. The summed E-state index contributed by atoms with van der Waals surface area (Å²) in [5.74, 6) is 5.57. The first-order chi connectivity index (χ1) is 4.66. The first-order valence-electron chi connectivity index (χ1n) is 3.57. The lowest BCUT2D eigenvalue weighted by Gasteiger charge is -2.32. The fraction of sp³-hybridized carbons (Fsp3) is 0.857. The molecule has 1 unspecified atom stereocenters. The Kier molecular flexibility index (Phi) is 1.93. The van der Waals surface area contributed by atoms with Gasteiger partial charge in [0.05, 0.1) is 11.5 Å². The quantitative estimate of drug-likeness (QED) is 0.497. The third-order valence-electron chi connectivity index (χ3n) is 2.00. The molecule has 0 aromatic heterocycles. The molecule has 1 aliphatic rings. The molecule has 1 aliphatic heterocycles. The van der Waals surface area contributed by atoms with E-state index in [4.69, 9.17) is 11.1 Å². The van der Waals surface area contributed by atoms with Crippen LogP contribution in [0.25, 0.3) is 0 Å². The summed E-state index contributed by atoms with van der Waals surface area (Å²) in [5, 5.41) is 10.5. The van der Waals surface area contributed by atoms with Crippen LogP contribution in [0.3, 0.4) is 0 Å². The van der Waals surface area contributed by atoms with Crippen LogP contribution >= 0.6 is 0 Å². The molecule has 0 aromatic rings. The minimum absolute atomic E-state index is 0.201. The number of hydrazine groups is 1. The summed E-state index contributed by atoms with van der Waals surface area (Å²) in [6.07, 6.45) is 2.03. The molecule has 56 valence electrons. The number of nitriles is 1. The SMILES string of the molecule is CC1(C#N)CCCN(N)C1. The second kappa shape index (κ2) is 2.57. The standard InChI is InChI=1S/C7H13N3/c1-7(5-8)3-2-4-10(9)6-7/h2-4,6,9H2,1H3. The van der Waals surface area contributed by atoms with Crippen molar-refractivity contribution in [2.75, 3.05) is 13.1 Å². The van der Waals surface area contributed by atoms with E-state index in [0.717, 1.165) is 19.4 Å². The van der Waals surface area contributed by atoms with Gasteiger partial charge >= 0.3 is 0 Å². The Bertz CT molecular complexity index is 161. The van der Waals surface area contributed by atoms with Gasteiger partial charge in [0.15, 0.2) is 0 Å². The van der Waals surface area contributed by atoms with E-state index in [-0.39, 0.29) is 5.41 Å². The van der Waals surface area contributed by atoms with E-state index in [1.165, 1.54) is 0 Å². The molecule has 1 atom stereocenters. The van der Waals surface area contributed by atoms with Crippen LogP contribution in [0.1, 0.15) is 19.8 Å². The Morgan fingerprint density at radius 3 is 2.80 bits per heavy atom. The van der Waals surface area contributed by atoms with Gasteiger partial charge in [0.2, 0.25) is 0 Å². The van der Waals surface area contributed by atoms with E-state index in [0.29, 0.717) is 6.54 Å². The predicted octanol–water partition coefficient (Wildman–Crippen LogP) is 0.486. The molecule has 0 bridgehead atoms. The lowest BCUT2D eigenvalue weighted by Crippen LogP contribution is -2.44. The van der Waals surface area contributed by atoms with Crippen molar-refractivity contribution >= 4 is 0 Å². The van der Waals surface area contributed by atoms with Crippen molar-refractivity contribution in [3.8, 4) is 6.07 Å². The van der Waals surface area contributed by atoms with E-state index in [2.05, 4.69) is 6.07 Å². The zero-order chi connectivity index (χ0) is 7.61. The van der Waals surface area contributed by atoms with E-state index in [9.17, 15) is 0 Å². The third-order valence-corrected chi connectivity index (χ3v) is 2.00. The van der Waals surface area contributed by atoms with E-state index in [1.807, 2.05) is 6.92 Å². The monoisotopic (exact) mass is 139 g/mol. The molecule has 1 fully saturated rings. The van der Waals surface area contributed by atoms with E-state index >= 15 is 0 Å². The van der Waals surface area contributed by atoms with Gasteiger partial charge in [-0.05, 0) is 19.8 Å². The van der Waals surface area contributed by atoms with Gasteiger partial charge in [-0.3, -0.25) is 5.84 Å². The van der Waals surface area contributed by atoms with Crippen LogP contribution in [0.5, 0.6) is 0 Å². The Morgan fingerprint density at radius 2 is 2.40 bits per heavy atom. The summed E-state index contributed by atoms with van der Waals surface area (Å²) in [5.41, 5.74) is -0.201. The third kappa shape index (κ3) is 1.47. The largest absolute Gasteiger partial charge is 0.269 e. The maximum Gasteiger partial charge on any atom is 0.0700 e. The molecule has 0 aliphatic carbocycles. The molecule has 0 aromatic carbocycles. The fourth-order valence-corrected chi connectivity index (χ4v) is 1.37. The molecule has 1 heterocycles. The summed E-state index contributed by atoms with van der Waals surface area (Å²) < 4.78 is 0. The Morgan fingerprint density at radius 1 is 1.70 bits per heavy atom. The molecule has 3 nitrogen and oxygen atoms in total. The van der Waals surface area contributed by atoms with Crippen molar-refractivity contribution in [3.05, 3.63) is 0 Å². The topological polar surface area (TPSA) is 53.0 Å². The highest BCUT2D eigenvalue weighted by molar-refractivity contribution is 4.98. The summed E-state index contributed by atoms with van der Waals surface area (Å²) >= 11 is 0. The molecule has 2 N–H and O–H groups in total. The average Bonchev–Trinajstić information content (AvgIpc) is 1.88. The van der Waals surface area contributed by atoms with Gasteiger partial charge in [-0.15, -0.1) is 0 Å². The van der Waals surface area contributed by atoms with Crippen LogP contribution in [0.4, 0.5) is 0 Å². The lowest BCUT2D eigenvalue weighted by atomic mass is 9.84. The summed E-state index contributed by atoms with van der Waals surface area (Å²) in [4.78, 5) is 0. The minimum atomic E-state index is -0.201. The first kappa shape index (κ1) is 7.52. The Hall–Kier alpha value is -0.590. The van der Waals surface area contributed by atoms with Gasteiger partial charge in [0.25, 0.3) is 0 Å². The first-order valence-corrected chi connectivity index (χ1v) is 3.57. The highest BCUT2D eigenvalue weighted by Crippen LogP contribution is 2.26. The van der Waals surface area contributed by atoms with Crippen LogP contribution in [0.15, 0.2) is 0 Å². The van der Waals surface area contributed by atoms with Crippen molar-refractivity contribution in [2.24, 2.45) is 11.3 Å². The van der Waals surface area contributed by atoms with Crippen LogP contribution in [0, 0.1) is 16.7 Å². The van der Waals surface area contributed by atoms with Crippen molar-refractivity contribution in [1.29, 1.82) is 5.26 Å². The van der Waals surface area contributed by atoms with E-state index in [1.54, 1.807) is 5.01 Å². The molecule has 3 heteroatoms. The highest BCUT2D eigenvalue weighted by atomic mass is 15.4. The summed E-state index contributed by atoms with van der Waals surface area (Å²) in [7, 11) is 0. The number of hydrogen-bond acceptors (Lipinski definition) is 3. The van der Waals surface area contributed by atoms with E-state index < -0.39 is 0 Å². The lowest BCUT2D eigenvalue weighted by molar-refractivity contribution is 0.145. The van der Waals surface area contributed by atoms with Crippen LogP contribution in [-0.2, 0) is 0 Å². The number of nitrogens with zero attached hydrogens (tertiary/aromatic N) is 2. The highest BCUT2D eigenvalue weighted by Gasteiger charge is 2.29. The molecular formula is C7H13N3. The van der Waals surface area contributed by atoms with Gasteiger partial charge in [-0.2, -0.15) is 5.26 Å². The smallest absolute Gasteiger partial charge is 0.0700 e. The summed E-state index contributed by atoms with van der Waals surface area (Å²) in [6, 6.07) is 2.29. The van der Waals surface area contributed by atoms with Crippen molar-refractivity contribution in [2.45, 2.75) is 19.8 Å². The van der Waals surface area contributed by atoms with Crippen LogP contribution in [0.2, 0.25) is 0 Å². The molecule has 0 spiro atoms. The van der Waals surface area contributed by atoms with Crippen molar-refractivity contribution in [1.82, 2.24) is 5.01 Å². The van der Waals surface area contributed by atoms with Crippen LogP contribution < -0.4 is 5.84 Å². The maximum absolute atomic E-state index is 8.74. The second-order valence-corrected chi connectivity index (χ2v) is 3.25. The normalized spacial score (nSPS) is 35.3. The minimum Gasteiger partial charge on any atom is -0.269 e. The predicted molar refractivity (Wildman–Crippen MR) is 38.7 cm³/mol. The molecule has 1 saturated heterocycles. The molecule has 10 heavy (non-hydrogen) atoms. The number of rotatable bonds is 0. The second-order valence-electron chi connectivity index (χ2n) is 3.25. The van der Waals surface area contributed by atoms with Gasteiger partial charge in [0.1, 0.15) is 0 Å². The van der Waals surface area contributed by atoms with Gasteiger partial charge in [0, 0.05) is 13.1 Å². The zero-order valence-corrected chi connectivity index (χ0v) is 6.30. The molecule has 0 radical (unpaired) electrons. The van der Waals surface area contributed by atoms with Gasteiger partial charge in [-0.1, -0.05) is 0 Å². The van der Waals surface area contributed by atoms with Crippen molar-refractivity contribution < 1.29 is 0 Å². The number of nitrogens with two attached hydrogens (primary N) is 1. The van der Waals surface area contributed by atoms with Crippen molar-refractivity contribution in [3.63, 3.8) is 0 Å². The maximum atomic E-state index is 8.74. The average molecular weight is 139 g/mol. The zero-order valence-electron chi connectivity index (χ0n) is 6.30. The van der Waals surface area contributed by atoms with Crippen LogP contribution in [-0.4, -0.2) is 18.1 Å². The Labute approximate surface area is 61.4 Å². The molecule has 0 amide bonds. The van der Waals surface area contributed by atoms with Gasteiger partial charge in [-0.25, -0.2) is 5.01 Å².